The van der Waals surface area contributed by atoms with Gasteiger partial charge in [-0.3, -0.25) is 9.59 Å². The molecule has 2 aromatic carbocycles. The lowest BCUT2D eigenvalue weighted by Gasteiger charge is -2.33. The van der Waals surface area contributed by atoms with Crippen molar-refractivity contribution in [1.29, 1.82) is 0 Å². The van der Waals surface area contributed by atoms with Gasteiger partial charge in [0.1, 0.15) is 5.15 Å². The average molecular weight is 560 g/mol. The maximum atomic E-state index is 13.3. The van der Waals surface area contributed by atoms with Crippen molar-refractivity contribution in [3.63, 3.8) is 0 Å². The molecule has 13 heteroatoms. The van der Waals surface area contributed by atoms with E-state index in [9.17, 15) is 41.0 Å². The standard InChI is InChI=1S/C25H20ClF6N3O3/c1-13-9-17(23(38,24(27,28)29)25(30,31)32)10-14(2)20(13)35-22(37)16-5-3-7-18(11-16)34-19(36)12-15-6-4-8-33-21(15)26/h3-11,38H,12H2,1-2H3,(H,34,36)(H,35,37). The van der Waals surface area contributed by atoms with Crippen molar-refractivity contribution in [1.82, 2.24) is 4.98 Å². The van der Waals surface area contributed by atoms with Crippen LogP contribution in [0.25, 0.3) is 0 Å². The molecule has 38 heavy (non-hydrogen) atoms. The third-order valence-electron chi connectivity index (χ3n) is 5.61. The number of halogens is 7. The molecule has 2 amide bonds. The largest absolute Gasteiger partial charge is 0.430 e. The zero-order chi connectivity index (χ0) is 28.5. The van der Waals surface area contributed by atoms with Crippen LogP contribution in [0.2, 0.25) is 5.15 Å². The number of hydrogen-bond acceptors (Lipinski definition) is 4. The molecule has 3 rings (SSSR count). The Balaban J connectivity index is 1.82. The molecule has 6 nitrogen and oxygen atoms in total. The first kappa shape index (κ1) is 28.9. The molecule has 202 valence electrons. The van der Waals surface area contributed by atoms with Gasteiger partial charge in [-0.25, -0.2) is 4.98 Å². The van der Waals surface area contributed by atoms with Crippen LogP contribution in [0.3, 0.4) is 0 Å². The molecule has 0 aliphatic heterocycles. The van der Waals surface area contributed by atoms with E-state index in [-0.39, 0.29) is 39.6 Å². The lowest BCUT2D eigenvalue weighted by molar-refractivity contribution is -0.376. The van der Waals surface area contributed by atoms with Crippen molar-refractivity contribution in [3.05, 3.63) is 87.7 Å². The topological polar surface area (TPSA) is 91.3 Å². The van der Waals surface area contributed by atoms with Gasteiger partial charge in [-0.05, 0) is 54.8 Å². The Morgan fingerprint density at radius 1 is 0.921 bits per heavy atom. The van der Waals surface area contributed by atoms with Crippen LogP contribution >= 0.6 is 11.6 Å². The fourth-order valence-electron chi connectivity index (χ4n) is 3.71. The molecule has 0 atom stereocenters. The van der Waals surface area contributed by atoms with Crippen LogP contribution in [0.15, 0.2) is 54.7 Å². The first-order valence-corrected chi connectivity index (χ1v) is 11.2. The molecular weight excluding hydrogens is 540 g/mol. The van der Waals surface area contributed by atoms with Gasteiger partial charge in [-0.15, -0.1) is 0 Å². The Morgan fingerprint density at radius 3 is 2.08 bits per heavy atom. The molecule has 0 aliphatic carbocycles. The molecule has 0 fully saturated rings. The first-order chi connectivity index (χ1) is 17.5. The van der Waals surface area contributed by atoms with Crippen molar-refractivity contribution >= 4 is 34.8 Å². The normalized spacial score (nSPS) is 12.3. The molecule has 3 N–H and O–H groups in total. The second-order valence-electron chi connectivity index (χ2n) is 8.40. The van der Waals surface area contributed by atoms with Crippen LogP contribution in [-0.4, -0.2) is 34.3 Å². The van der Waals surface area contributed by atoms with Crippen molar-refractivity contribution in [3.8, 4) is 0 Å². The molecule has 0 aliphatic rings. The number of benzene rings is 2. The molecule has 0 saturated heterocycles. The van der Waals surface area contributed by atoms with Crippen molar-refractivity contribution in [2.75, 3.05) is 10.6 Å². The summed E-state index contributed by atoms with van der Waals surface area (Å²) in [4.78, 5) is 29.1. The van der Waals surface area contributed by atoms with Gasteiger partial charge in [0.15, 0.2) is 0 Å². The van der Waals surface area contributed by atoms with Gasteiger partial charge < -0.3 is 15.7 Å². The van der Waals surface area contributed by atoms with Crippen LogP contribution in [0.4, 0.5) is 37.7 Å². The summed E-state index contributed by atoms with van der Waals surface area (Å²) in [5.74, 6) is -1.18. The number of carbonyl (C=O) groups excluding carboxylic acids is 2. The highest BCUT2D eigenvalue weighted by Gasteiger charge is 2.71. The van der Waals surface area contributed by atoms with Gasteiger partial charge in [-0.1, -0.05) is 35.9 Å². The van der Waals surface area contributed by atoms with Gasteiger partial charge in [-0.2, -0.15) is 26.3 Å². The fraction of sp³-hybridized carbons (Fsp3) is 0.240. The molecule has 0 unspecified atom stereocenters. The van der Waals surface area contributed by atoms with E-state index in [2.05, 4.69) is 15.6 Å². The van der Waals surface area contributed by atoms with E-state index in [1.54, 1.807) is 12.1 Å². The summed E-state index contributed by atoms with van der Waals surface area (Å²) in [6.45, 7) is 2.39. The highest BCUT2D eigenvalue weighted by atomic mass is 35.5. The number of amides is 2. The third-order valence-corrected chi connectivity index (χ3v) is 5.95. The highest BCUT2D eigenvalue weighted by molar-refractivity contribution is 6.30. The predicted molar refractivity (Wildman–Crippen MR) is 128 cm³/mol. The molecule has 0 spiro atoms. The van der Waals surface area contributed by atoms with Crippen molar-refractivity contribution < 1.29 is 41.0 Å². The van der Waals surface area contributed by atoms with Gasteiger partial charge in [0.05, 0.1) is 6.42 Å². The van der Waals surface area contributed by atoms with Gasteiger partial charge in [0, 0.05) is 28.7 Å². The number of anilines is 2. The average Bonchev–Trinajstić information content (AvgIpc) is 2.80. The fourth-order valence-corrected chi connectivity index (χ4v) is 3.90. The number of alkyl halides is 6. The Hall–Kier alpha value is -3.64. The number of hydrogen-bond donors (Lipinski definition) is 3. The second-order valence-corrected chi connectivity index (χ2v) is 8.76. The van der Waals surface area contributed by atoms with Crippen molar-refractivity contribution in [2.45, 2.75) is 38.2 Å². The van der Waals surface area contributed by atoms with Gasteiger partial charge >= 0.3 is 12.4 Å². The minimum atomic E-state index is -6.04. The predicted octanol–water partition coefficient (Wildman–Crippen LogP) is 6.10. The molecule has 0 radical (unpaired) electrons. The van der Waals surface area contributed by atoms with Gasteiger partial charge in [0.2, 0.25) is 5.91 Å². The van der Waals surface area contributed by atoms with Crippen molar-refractivity contribution in [2.24, 2.45) is 0 Å². The zero-order valence-electron chi connectivity index (χ0n) is 19.8. The Morgan fingerprint density at radius 2 is 1.53 bits per heavy atom. The van der Waals surface area contributed by atoms with E-state index in [4.69, 9.17) is 11.6 Å². The number of pyridine rings is 1. The lowest BCUT2D eigenvalue weighted by atomic mass is 9.89. The summed E-state index contributed by atoms with van der Waals surface area (Å²) >= 11 is 5.95. The summed E-state index contributed by atoms with van der Waals surface area (Å²) in [7, 11) is 0. The van der Waals surface area contributed by atoms with E-state index < -0.39 is 35.3 Å². The number of rotatable bonds is 6. The summed E-state index contributed by atoms with van der Waals surface area (Å²) in [6.07, 6.45) is -10.7. The number of carbonyl (C=O) groups is 2. The number of aryl methyl sites for hydroxylation is 2. The van der Waals surface area contributed by atoms with E-state index in [1.165, 1.54) is 44.3 Å². The summed E-state index contributed by atoms with van der Waals surface area (Å²) in [6, 6.07) is 9.99. The number of nitrogens with zero attached hydrogens (tertiary/aromatic N) is 1. The Labute approximate surface area is 217 Å². The molecular formula is C25H20ClF6N3O3. The third kappa shape index (κ3) is 5.91. The maximum Gasteiger partial charge on any atom is 0.430 e. The van der Waals surface area contributed by atoms with Gasteiger partial charge in [0.25, 0.3) is 11.5 Å². The summed E-state index contributed by atoms with van der Waals surface area (Å²) in [5.41, 5.74) is -6.05. The van der Waals surface area contributed by atoms with Crippen LogP contribution in [0, 0.1) is 13.8 Å². The monoisotopic (exact) mass is 559 g/mol. The molecule has 1 aromatic heterocycles. The number of nitrogens with one attached hydrogen (secondary N) is 2. The smallest absolute Gasteiger partial charge is 0.369 e. The molecule has 3 aromatic rings. The zero-order valence-corrected chi connectivity index (χ0v) is 20.5. The van der Waals surface area contributed by atoms with Crippen LogP contribution in [0.1, 0.15) is 32.6 Å². The van der Waals surface area contributed by atoms with E-state index in [0.717, 1.165) is 0 Å². The minimum absolute atomic E-state index is 0.0360. The van der Waals surface area contributed by atoms with E-state index in [0.29, 0.717) is 17.7 Å². The number of aromatic nitrogens is 1. The number of aliphatic hydroxyl groups is 1. The highest BCUT2D eigenvalue weighted by Crippen LogP contribution is 2.50. The lowest BCUT2D eigenvalue weighted by Crippen LogP contribution is -2.54. The van der Waals surface area contributed by atoms with E-state index >= 15 is 0 Å². The Kier molecular flexibility index (Phi) is 8.08. The second kappa shape index (κ2) is 10.6. The minimum Gasteiger partial charge on any atom is -0.369 e. The van der Waals surface area contributed by atoms with E-state index in [1.807, 2.05) is 0 Å². The molecule has 0 bridgehead atoms. The SMILES string of the molecule is Cc1cc(C(O)(C(F)(F)F)C(F)(F)F)cc(C)c1NC(=O)c1cccc(NC(=O)Cc2cccnc2Cl)c1. The van der Waals surface area contributed by atoms with Crippen LogP contribution < -0.4 is 10.6 Å². The Bertz CT molecular complexity index is 1340. The molecule has 0 saturated carbocycles. The first-order valence-electron chi connectivity index (χ1n) is 10.8. The van der Waals surface area contributed by atoms with Crippen LogP contribution in [0.5, 0.6) is 0 Å². The quantitative estimate of drug-likeness (QED) is 0.251. The molecule has 1 heterocycles. The maximum absolute atomic E-state index is 13.3. The summed E-state index contributed by atoms with van der Waals surface area (Å²) in [5, 5.41) is 14.9. The summed E-state index contributed by atoms with van der Waals surface area (Å²) < 4.78 is 79.6. The van der Waals surface area contributed by atoms with Crippen LogP contribution in [-0.2, 0) is 16.8 Å².